The van der Waals surface area contributed by atoms with Crippen LogP contribution >= 0.6 is 0 Å². The van der Waals surface area contributed by atoms with Crippen molar-refractivity contribution in [1.82, 2.24) is 9.88 Å². The Kier molecular flexibility index (Phi) is 4.93. The minimum atomic E-state index is -0.460. The number of esters is 1. The van der Waals surface area contributed by atoms with Gasteiger partial charge in [0.05, 0.1) is 19.2 Å². The van der Waals surface area contributed by atoms with Gasteiger partial charge in [-0.15, -0.1) is 0 Å². The molecule has 22 heavy (non-hydrogen) atoms. The molecule has 0 saturated heterocycles. The van der Waals surface area contributed by atoms with E-state index in [1.165, 1.54) is 12.0 Å². The van der Waals surface area contributed by atoms with E-state index in [9.17, 15) is 9.59 Å². The molecule has 2 aromatic rings. The van der Waals surface area contributed by atoms with Gasteiger partial charge in [0.2, 0.25) is 11.8 Å². The molecule has 1 aromatic carbocycles. The highest BCUT2D eigenvalue weighted by Gasteiger charge is 2.18. The highest BCUT2D eigenvalue weighted by Crippen LogP contribution is 2.21. The first-order valence-electron chi connectivity index (χ1n) is 6.83. The normalized spacial score (nSPS) is 10.3. The zero-order valence-corrected chi connectivity index (χ0v) is 12.8. The zero-order valence-electron chi connectivity index (χ0n) is 12.8. The molecule has 1 heterocycles. The van der Waals surface area contributed by atoms with Gasteiger partial charge in [-0.3, -0.25) is 9.59 Å². The second-order valence-corrected chi connectivity index (χ2v) is 4.89. The molecule has 0 radical (unpaired) electrons. The van der Waals surface area contributed by atoms with Crippen molar-refractivity contribution >= 4 is 11.9 Å². The van der Waals surface area contributed by atoms with Crippen LogP contribution in [0, 0.1) is 6.92 Å². The van der Waals surface area contributed by atoms with E-state index in [-0.39, 0.29) is 18.9 Å². The quantitative estimate of drug-likeness (QED) is 0.788. The third kappa shape index (κ3) is 3.72. The lowest BCUT2D eigenvalue weighted by molar-refractivity contribution is -0.145. The van der Waals surface area contributed by atoms with Gasteiger partial charge in [-0.1, -0.05) is 18.2 Å². The van der Waals surface area contributed by atoms with E-state index in [4.69, 9.17) is 4.42 Å². The van der Waals surface area contributed by atoms with Gasteiger partial charge in [-0.25, -0.2) is 4.98 Å². The van der Waals surface area contributed by atoms with Crippen LogP contribution in [0.25, 0.3) is 11.5 Å². The van der Waals surface area contributed by atoms with Gasteiger partial charge in [-0.05, 0) is 19.1 Å². The first-order valence-corrected chi connectivity index (χ1v) is 6.83. The Labute approximate surface area is 128 Å². The van der Waals surface area contributed by atoms with E-state index < -0.39 is 5.97 Å². The summed E-state index contributed by atoms with van der Waals surface area (Å²) < 4.78 is 10.2. The van der Waals surface area contributed by atoms with Gasteiger partial charge < -0.3 is 14.1 Å². The number of rotatable bonds is 5. The van der Waals surface area contributed by atoms with Gasteiger partial charge in [0.1, 0.15) is 12.3 Å². The lowest BCUT2D eigenvalue weighted by Crippen LogP contribution is -2.33. The minimum absolute atomic E-state index is 0.0790. The van der Waals surface area contributed by atoms with Crippen molar-refractivity contribution in [2.75, 3.05) is 20.7 Å². The molecular formula is C16H18N2O4. The van der Waals surface area contributed by atoms with Crippen LogP contribution in [-0.4, -0.2) is 42.5 Å². The molecule has 0 aliphatic heterocycles. The molecule has 0 saturated carbocycles. The van der Waals surface area contributed by atoms with Crippen LogP contribution in [-0.2, 0) is 20.7 Å². The summed E-state index contributed by atoms with van der Waals surface area (Å²) in [4.78, 5) is 29.0. The maximum absolute atomic E-state index is 12.1. The molecule has 6 nitrogen and oxygen atoms in total. The third-order valence-corrected chi connectivity index (χ3v) is 3.25. The van der Waals surface area contributed by atoms with E-state index in [1.807, 2.05) is 30.3 Å². The standard InChI is InChI=1S/C16H18N2O4/c1-11-13(9-14(19)18(2)10-15(20)21-3)17-16(22-11)12-7-5-4-6-8-12/h4-8H,9-10H2,1-3H3. The Morgan fingerprint density at radius 3 is 2.59 bits per heavy atom. The molecule has 0 fully saturated rings. The number of likely N-dealkylation sites (N-methyl/N-ethyl adjacent to an activating group) is 1. The van der Waals surface area contributed by atoms with Gasteiger partial charge in [0, 0.05) is 12.6 Å². The number of methoxy groups -OCH3 is 1. The van der Waals surface area contributed by atoms with Gasteiger partial charge >= 0.3 is 5.97 Å². The van der Waals surface area contributed by atoms with Crippen molar-refractivity contribution < 1.29 is 18.7 Å². The van der Waals surface area contributed by atoms with Crippen molar-refractivity contribution in [1.29, 1.82) is 0 Å². The van der Waals surface area contributed by atoms with Crippen LogP contribution in [0.2, 0.25) is 0 Å². The monoisotopic (exact) mass is 302 g/mol. The predicted molar refractivity (Wildman–Crippen MR) is 80.0 cm³/mol. The summed E-state index contributed by atoms with van der Waals surface area (Å²) >= 11 is 0. The lowest BCUT2D eigenvalue weighted by Gasteiger charge is -2.14. The lowest BCUT2D eigenvalue weighted by atomic mass is 10.2. The first kappa shape index (κ1) is 15.8. The minimum Gasteiger partial charge on any atom is -0.468 e. The summed E-state index contributed by atoms with van der Waals surface area (Å²) in [7, 11) is 2.83. The summed E-state index contributed by atoms with van der Waals surface area (Å²) in [5.74, 6) is 0.398. The molecule has 0 atom stereocenters. The molecule has 0 aliphatic carbocycles. The first-order chi connectivity index (χ1) is 10.5. The summed E-state index contributed by atoms with van der Waals surface area (Å²) in [6.45, 7) is 1.68. The molecule has 2 rings (SSSR count). The summed E-state index contributed by atoms with van der Waals surface area (Å²) in [5.41, 5.74) is 1.42. The van der Waals surface area contributed by atoms with Crippen LogP contribution < -0.4 is 0 Å². The van der Waals surface area contributed by atoms with Gasteiger partial charge in [0.15, 0.2) is 0 Å². The van der Waals surface area contributed by atoms with Crippen molar-refractivity contribution in [2.45, 2.75) is 13.3 Å². The number of oxazole rings is 1. The van der Waals surface area contributed by atoms with Crippen molar-refractivity contribution in [3.8, 4) is 11.5 Å². The Balaban J connectivity index is 2.09. The van der Waals surface area contributed by atoms with Crippen LogP contribution in [0.3, 0.4) is 0 Å². The molecule has 0 unspecified atom stereocenters. The van der Waals surface area contributed by atoms with Crippen molar-refractivity contribution in [2.24, 2.45) is 0 Å². The number of carbonyl (C=O) groups is 2. The number of benzene rings is 1. The number of carbonyl (C=O) groups excluding carboxylic acids is 2. The summed E-state index contributed by atoms with van der Waals surface area (Å²) in [6.07, 6.45) is 0.0790. The molecule has 0 aliphatic rings. The molecular weight excluding hydrogens is 284 g/mol. The maximum atomic E-state index is 12.1. The Morgan fingerprint density at radius 2 is 1.95 bits per heavy atom. The van der Waals surface area contributed by atoms with Crippen LogP contribution in [0.4, 0.5) is 0 Å². The van der Waals surface area contributed by atoms with E-state index in [2.05, 4.69) is 9.72 Å². The molecule has 116 valence electrons. The average Bonchev–Trinajstić information content (AvgIpc) is 2.89. The molecule has 0 spiro atoms. The highest BCUT2D eigenvalue weighted by atomic mass is 16.5. The van der Waals surface area contributed by atoms with Crippen molar-refractivity contribution in [3.63, 3.8) is 0 Å². The fraction of sp³-hybridized carbons (Fsp3) is 0.312. The molecule has 0 bridgehead atoms. The van der Waals surface area contributed by atoms with Crippen LogP contribution in [0.1, 0.15) is 11.5 Å². The summed E-state index contributed by atoms with van der Waals surface area (Å²) in [6, 6.07) is 9.47. The maximum Gasteiger partial charge on any atom is 0.325 e. The SMILES string of the molecule is COC(=O)CN(C)C(=O)Cc1nc(-c2ccccc2)oc1C. The fourth-order valence-electron chi connectivity index (χ4n) is 1.92. The number of nitrogens with zero attached hydrogens (tertiary/aromatic N) is 2. The molecule has 0 N–H and O–H groups in total. The Hall–Kier alpha value is -2.63. The number of amides is 1. The van der Waals surface area contributed by atoms with Crippen LogP contribution in [0.15, 0.2) is 34.7 Å². The third-order valence-electron chi connectivity index (χ3n) is 3.25. The Morgan fingerprint density at radius 1 is 1.27 bits per heavy atom. The van der Waals surface area contributed by atoms with Crippen molar-refractivity contribution in [3.05, 3.63) is 41.8 Å². The second-order valence-electron chi connectivity index (χ2n) is 4.89. The fourth-order valence-corrected chi connectivity index (χ4v) is 1.92. The number of aromatic nitrogens is 1. The second kappa shape index (κ2) is 6.89. The number of aryl methyl sites for hydroxylation is 1. The van der Waals surface area contributed by atoms with Crippen LogP contribution in [0.5, 0.6) is 0 Å². The number of hydrogen-bond donors (Lipinski definition) is 0. The average molecular weight is 302 g/mol. The molecule has 6 heteroatoms. The number of ether oxygens (including phenoxy) is 1. The zero-order chi connectivity index (χ0) is 16.1. The van der Waals surface area contributed by atoms with E-state index >= 15 is 0 Å². The van der Waals surface area contributed by atoms with E-state index in [0.29, 0.717) is 17.3 Å². The molecule has 1 amide bonds. The largest absolute Gasteiger partial charge is 0.468 e. The Bertz CT molecular complexity index is 664. The number of hydrogen-bond acceptors (Lipinski definition) is 5. The highest BCUT2D eigenvalue weighted by molar-refractivity contribution is 5.83. The van der Waals surface area contributed by atoms with Gasteiger partial charge in [-0.2, -0.15) is 0 Å². The predicted octanol–water partition coefficient (Wildman–Crippen LogP) is 1.82. The van der Waals surface area contributed by atoms with E-state index in [0.717, 1.165) is 5.56 Å². The topological polar surface area (TPSA) is 72.6 Å². The smallest absolute Gasteiger partial charge is 0.325 e. The molecule has 1 aromatic heterocycles. The summed E-state index contributed by atoms with van der Waals surface area (Å²) in [5, 5.41) is 0. The van der Waals surface area contributed by atoms with E-state index in [1.54, 1.807) is 14.0 Å². The van der Waals surface area contributed by atoms with Gasteiger partial charge in [0.25, 0.3) is 0 Å².